The standard InChI is InChI=1S/C9H18N2O3/c1-3-14-9(13)8(5-4-6-10)11-7(2)12/h8H,3-6,10H2,1-2H3,(H,11,12). The topological polar surface area (TPSA) is 81.4 Å². The van der Waals surface area contributed by atoms with Gasteiger partial charge in [-0.3, -0.25) is 4.79 Å². The molecule has 0 rings (SSSR count). The molecule has 0 fully saturated rings. The first-order chi connectivity index (χ1) is 6.61. The number of carbonyl (C=O) groups excluding carboxylic acids is 2. The fourth-order valence-corrected chi connectivity index (χ4v) is 1.06. The van der Waals surface area contributed by atoms with Crippen LogP contribution in [-0.4, -0.2) is 31.1 Å². The van der Waals surface area contributed by atoms with Crippen molar-refractivity contribution < 1.29 is 14.3 Å². The van der Waals surface area contributed by atoms with Crippen molar-refractivity contribution in [2.45, 2.75) is 32.7 Å². The number of nitrogens with one attached hydrogen (secondary N) is 1. The molecule has 0 bridgehead atoms. The predicted molar refractivity (Wildman–Crippen MR) is 52.5 cm³/mol. The summed E-state index contributed by atoms with van der Waals surface area (Å²) < 4.78 is 4.81. The lowest BCUT2D eigenvalue weighted by atomic mass is 10.1. The van der Waals surface area contributed by atoms with Crippen LogP contribution in [0.2, 0.25) is 0 Å². The quantitative estimate of drug-likeness (QED) is 0.584. The second-order valence-electron chi connectivity index (χ2n) is 2.94. The number of ether oxygens (including phenoxy) is 1. The summed E-state index contributed by atoms with van der Waals surface area (Å²) in [5.41, 5.74) is 5.32. The Morgan fingerprint density at radius 2 is 2.14 bits per heavy atom. The Kier molecular flexibility index (Phi) is 6.74. The third-order valence-electron chi connectivity index (χ3n) is 1.65. The van der Waals surface area contributed by atoms with Crippen LogP contribution in [0.1, 0.15) is 26.7 Å². The van der Waals surface area contributed by atoms with Crippen LogP contribution in [0.5, 0.6) is 0 Å². The van der Waals surface area contributed by atoms with Crippen LogP contribution < -0.4 is 11.1 Å². The summed E-state index contributed by atoms with van der Waals surface area (Å²) in [4.78, 5) is 22.1. The first kappa shape index (κ1) is 12.9. The largest absolute Gasteiger partial charge is 0.464 e. The van der Waals surface area contributed by atoms with Gasteiger partial charge in [-0.25, -0.2) is 4.79 Å². The van der Waals surface area contributed by atoms with E-state index in [-0.39, 0.29) is 5.91 Å². The molecule has 0 aliphatic rings. The van der Waals surface area contributed by atoms with Crippen molar-refractivity contribution >= 4 is 11.9 Å². The second kappa shape index (κ2) is 7.32. The number of hydrogen-bond acceptors (Lipinski definition) is 4. The summed E-state index contributed by atoms with van der Waals surface area (Å²) in [7, 11) is 0. The van der Waals surface area contributed by atoms with E-state index in [1.807, 2.05) is 0 Å². The SMILES string of the molecule is CCOC(=O)C(CCCN)NC(C)=O. The Bertz CT molecular complexity index is 194. The molecule has 14 heavy (non-hydrogen) atoms. The molecular weight excluding hydrogens is 184 g/mol. The molecule has 0 radical (unpaired) electrons. The molecule has 1 amide bonds. The average Bonchev–Trinajstić information content (AvgIpc) is 2.12. The van der Waals surface area contributed by atoms with Crippen molar-refractivity contribution in [1.29, 1.82) is 0 Å². The molecule has 3 N–H and O–H groups in total. The number of nitrogens with two attached hydrogens (primary N) is 1. The Morgan fingerprint density at radius 3 is 2.57 bits per heavy atom. The normalized spacial score (nSPS) is 11.9. The Balaban J connectivity index is 4.08. The maximum atomic E-state index is 11.3. The van der Waals surface area contributed by atoms with Crippen LogP contribution in [0.25, 0.3) is 0 Å². The highest BCUT2D eigenvalue weighted by molar-refractivity contribution is 5.83. The summed E-state index contributed by atoms with van der Waals surface area (Å²) in [5.74, 6) is -0.628. The molecule has 0 heterocycles. The van der Waals surface area contributed by atoms with Crippen LogP contribution in [0, 0.1) is 0 Å². The lowest BCUT2D eigenvalue weighted by Crippen LogP contribution is -2.41. The van der Waals surface area contributed by atoms with Crippen molar-refractivity contribution in [3.8, 4) is 0 Å². The van der Waals surface area contributed by atoms with E-state index in [1.54, 1.807) is 6.92 Å². The molecule has 1 unspecified atom stereocenters. The fourth-order valence-electron chi connectivity index (χ4n) is 1.06. The summed E-state index contributed by atoms with van der Waals surface area (Å²) in [5, 5.41) is 2.53. The Labute approximate surface area is 84.0 Å². The minimum Gasteiger partial charge on any atom is -0.464 e. The van der Waals surface area contributed by atoms with Gasteiger partial charge in [-0.15, -0.1) is 0 Å². The Hall–Kier alpha value is -1.10. The molecular formula is C9H18N2O3. The highest BCUT2D eigenvalue weighted by atomic mass is 16.5. The van der Waals surface area contributed by atoms with Crippen LogP contribution in [0.15, 0.2) is 0 Å². The monoisotopic (exact) mass is 202 g/mol. The molecule has 5 heteroatoms. The third-order valence-corrected chi connectivity index (χ3v) is 1.65. The van der Waals surface area contributed by atoms with E-state index in [0.717, 1.165) is 0 Å². The molecule has 0 saturated heterocycles. The van der Waals surface area contributed by atoms with Crippen molar-refractivity contribution in [3.05, 3.63) is 0 Å². The van der Waals surface area contributed by atoms with Gasteiger partial charge in [0.05, 0.1) is 6.61 Å². The van der Waals surface area contributed by atoms with Gasteiger partial charge in [0.25, 0.3) is 0 Å². The van der Waals surface area contributed by atoms with Gasteiger partial charge in [0, 0.05) is 6.92 Å². The van der Waals surface area contributed by atoms with Crippen LogP contribution >= 0.6 is 0 Å². The van der Waals surface area contributed by atoms with E-state index in [2.05, 4.69) is 5.32 Å². The highest BCUT2D eigenvalue weighted by Crippen LogP contribution is 1.99. The molecule has 5 nitrogen and oxygen atoms in total. The lowest BCUT2D eigenvalue weighted by molar-refractivity contribution is -0.147. The third kappa shape index (κ3) is 5.53. The van der Waals surface area contributed by atoms with Crippen molar-refractivity contribution in [2.24, 2.45) is 5.73 Å². The van der Waals surface area contributed by atoms with Crippen molar-refractivity contribution in [3.63, 3.8) is 0 Å². The van der Waals surface area contributed by atoms with E-state index in [1.165, 1.54) is 6.92 Å². The Morgan fingerprint density at radius 1 is 1.50 bits per heavy atom. The van der Waals surface area contributed by atoms with Crippen LogP contribution in [0.4, 0.5) is 0 Å². The van der Waals surface area contributed by atoms with Gasteiger partial charge in [0.15, 0.2) is 0 Å². The zero-order valence-corrected chi connectivity index (χ0v) is 8.71. The van der Waals surface area contributed by atoms with Gasteiger partial charge >= 0.3 is 5.97 Å². The predicted octanol–water partition coefficient (Wildman–Crippen LogP) is -0.207. The molecule has 82 valence electrons. The van der Waals surface area contributed by atoms with Gasteiger partial charge in [-0.2, -0.15) is 0 Å². The maximum absolute atomic E-state index is 11.3. The number of carbonyl (C=O) groups is 2. The lowest BCUT2D eigenvalue weighted by Gasteiger charge is -2.15. The fraction of sp³-hybridized carbons (Fsp3) is 0.778. The molecule has 0 aromatic carbocycles. The first-order valence-corrected chi connectivity index (χ1v) is 4.75. The van der Waals surface area contributed by atoms with Crippen LogP contribution in [-0.2, 0) is 14.3 Å². The average molecular weight is 202 g/mol. The zero-order chi connectivity index (χ0) is 11.0. The summed E-state index contributed by atoms with van der Waals surface area (Å²) in [6.45, 7) is 3.91. The molecule has 0 aromatic rings. The highest BCUT2D eigenvalue weighted by Gasteiger charge is 2.19. The van der Waals surface area contributed by atoms with Crippen molar-refractivity contribution in [2.75, 3.05) is 13.2 Å². The van der Waals surface area contributed by atoms with E-state index in [4.69, 9.17) is 10.5 Å². The minimum absolute atomic E-state index is 0.236. The first-order valence-electron chi connectivity index (χ1n) is 4.75. The summed E-state index contributed by atoms with van der Waals surface area (Å²) >= 11 is 0. The number of esters is 1. The van der Waals surface area contributed by atoms with Crippen LogP contribution in [0.3, 0.4) is 0 Å². The molecule has 0 aliphatic carbocycles. The molecule has 1 atom stereocenters. The smallest absolute Gasteiger partial charge is 0.328 e. The molecule has 0 spiro atoms. The van der Waals surface area contributed by atoms with Crippen molar-refractivity contribution in [1.82, 2.24) is 5.32 Å². The van der Waals surface area contributed by atoms with Gasteiger partial charge in [0.1, 0.15) is 6.04 Å². The van der Waals surface area contributed by atoms with E-state index >= 15 is 0 Å². The van der Waals surface area contributed by atoms with Gasteiger partial charge in [-0.05, 0) is 26.3 Å². The molecule has 0 aliphatic heterocycles. The van der Waals surface area contributed by atoms with E-state index < -0.39 is 12.0 Å². The number of hydrogen-bond donors (Lipinski definition) is 2. The number of rotatable bonds is 6. The van der Waals surface area contributed by atoms with Gasteiger partial charge in [0.2, 0.25) is 5.91 Å². The van der Waals surface area contributed by atoms with E-state index in [9.17, 15) is 9.59 Å². The maximum Gasteiger partial charge on any atom is 0.328 e. The summed E-state index contributed by atoms with van der Waals surface area (Å²) in [6.07, 6.45) is 1.21. The molecule has 0 saturated carbocycles. The van der Waals surface area contributed by atoms with E-state index in [0.29, 0.717) is 26.0 Å². The van der Waals surface area contributed by atoms with Gasteiger partial charge < -0.3 is 15.8 Å². The van der Waals surface area contributed by atoms with Gasteiger partial charge in [-0.1, -0.05) is 0 Å². The molecule has 0 aromatic heterocycles. The zero-order valence-electron chi connectivity index (χ0n) is 8.71. The second-order valence-corrected chi connectivity index (χ2v) is 2.94. The number of amides is 1. The minimum atomic E-state index is -0.559. The summed E-state index contributed by atoms with van der Waals surface area (Å²) in [6, 6.07) is -0.559.